The third kappa shape index (κ3) is 3.16. The van der Waals surface area contributed by atoms with Gasteiger partial charge in [0.25, 0.3) is 0 Å². The minimum Gasteiger partial charge on any atom is -0.355 e. The zero-order chi connectivity index (χ0) is 12.5. The first-order valence-corrected chi connectivity index (χ1v) is 7.77. The molecule has 0 aromatic carbocycles. The largest absolute Gasteiger partial charge is 0.355 e. The summed E-state index contributed by atoms with van der Waals surface area (Å²) in [6, 6.07) is 2.05. The summed E-state index contributed by atoms with van der Waals surface area (Å²) in [4.78, 5) is 6.92. The number of thioether (sulfide) groups is 1. The highest BCUT2D eigenvalue weighted by Gasteiger charge is 2.25. The summed E-state index contributed by atoms with van der Waals surface area (Å²) in [5, 5.41) is 0. The smallest absolute Gasteiger partial charge is 0.143 e. The van der Waals surface area contributed by atoms with Gasteiger partial charge in [-0.05, 0) is 40.9 Å². The van der Waals surface area contributed by atoms with Crippen molar-refractivity contribution in [3.05, 3.63) is 22.3 Å². The molecule has 0 amide bonds. The average molecular weight is 315 g/mol. The summed E-state index contributed by atoms with van der Waals surface area (Å²) in [7, 11) is 0. The molecule has 0 aliphatic carbocycles. The molecule has 2 heterocycles. The van der Waals surface area contributed by atoms with E-state index in [1.54, 1.807) is 0 Å². The number of aryl methyl sites for hydroxylation is 1. The molecule has 0 atom stereocenters. The highest BCUT2D eigenvalue weighted by Crippen LogP contribution is 2.34. The summed E-state index contributed by atoms with van der Waals surface area (Å²) in [5.74, 6) is 2.28. The molecule has 1 aliphatic heterocycles. The second-order valence-corrected chi connectivity index (χ2v) is 7.71. The molecular weight excluding hydrogens is 296 g/mol. The molecule has 1 aromatic rings. The monoisotopic (exact) mass is 314 g/mol. The maximum atomic E-state index is 4.52. The van der Waals surface area contributed by atoms with Crippen molar-refractivity contribution in [2.24, 2.45) is 0 Å². The van der Waals surface area contributed by atoms with Crippen molar-refractivity contribution >= 4 is 33.5 Å². The van der Waals surface area contributed by atoms with Crippen LogP contribution in [0.1, 0.15) is 25.8 Å². The topological polar surface area (TPSA) is 16.1 Å². The fourth-order valence-electron chi connectivity index (χ4n) is 1.98. The Balaban J connectivity index is 2.20. The molecule has 0 N–H and O–H groups in total. The normalized spacial score (nSPS) is 20.1. The first-order chi connectivity index (χ1) is 7.99. The number of hydrogen-bond donors (Lipinski definition) is 0. The van der Waals surface area contributed by atoms with Gasteiger partial charge in [-0.1, -0.05) is 13.8 Å². The third-order valence-electron chi connectivity index (χ3n) is 3.20. The number of halogens is 1. The van der Waals surface area contributed by atoms with Crippen molar-refractivity contribution in [3.63, 3.8) is 0 Å². The number of aromatic nitrogens is 1. The van der Waals surface area contributed by atoms with Crippen molar-refractivity contribution in [2.75, 3.05) is 23.7 Å². The van der Waals surface area contributed by atoms with E-state index < -0.39 is 0 Å². The number of nitrogens with zero attached hydrogens (tertiary/aromatic N) is 2. The van der Waals surface area contributed by atoms with E-state index in [-0.39, 0.29) is 0 Å². The van der Waals surface area contributed by atoms with Crippen LogP contribution >= 0.6 is 27.7 Å². The molecule has 0 saturated carbocycles. The summed E-state index contributed by atoms with van der Waals surface area (Å²) in [5.41, 5.74) is 1.26. The fourth-order valence-corrected chi connectivity index (χ4v) is 3.56. The summed E-state index contributed by atoms with van der Waals surface area (Å²) < 4.78 is 1.54. The van der Waals surface area contributed by atoms with Gasteiger partial charge in [-0.25, -0.2) is 4.98 Å². The maximum Gasteiger partial charge on any atom is 0.143 e. The molecule has 4 heteroatoms. The van der Waals surface area contributed by atoms with Crippen LogP contribution in [0, 0.1) is 6.92 Å². The van der Waals surface area contributed by atoms with Gasteiger partial charge in [0.1, 0.15) is 5.82 Å². The SMILES string of the molecule is Cc1ccnc(N2CCSC(C)(C)CC2)c1Br. The molecule has 0 bridgehead atoms. The van der Waals surface area contributed by atoms with Crippen LogP contribution in [0.4, 0.5) is 5.82 Å². The second kappa shape index (κ2) is 5.19. The molecular formula is C13H19BrN2S. The molecule has 0 spiro atoms. The lowest BCUT2D eigenvalue weighted by atomic mass is 10.1. The highest BCUT2D eigenvalue weighted by molar-refractivity contribution is 9.10. The van der Waals surface area contributed by atoms with Gasteiger partial charge in [0.05, 0.1) is 4.47 Å². The minimum atomic E-state index is 0.394. The van der Waals surface area contributed by atoms with Crippen LogP contribution in [0.3, 0.4) is 0 Å². The zero-order valence-electron chi connectivity index (χ0n) is 10.7. The van der Waals surface area contributed by atoms with Gasteiger partial charge in [-0.3, -0.25) is 0 Å². The Morgan fingerprint density at radius 3 is 2.94 bits per heavy atom. The molecule has 2 nitrogen and oxygen atoms in total. The van der Waals surface area contributed by atoms with E-state index >= 15 is 0 Å². The number of anilines is 1. The van der Waals surface area contributed by atoms with Gasteiger partial charge in [-0.2, -0.15) is 11.8 Å². The quantitative estimate of drug-likeness (QED) is 0.782. The molecule has 1 aromatic heterocycles. The Kier molecular flexibility index (Phi) is 4.03. The lowest BCUT2D eigenvalue weighted by molar-refractivity contribution is 0.634. The number of pyridine rings is 1. The first-order valence-electron chi connectivity index (χ1n) is 6.00. The van der Waals surface area contributed by atoms with E-state index in [9.17, 15) is 0 Å². The predicted octanol–water partition coefficient (Wildman–Crippen LogP) is 3.87. The lowest BCUT2D eigenvalue weighted by Crippen LogP contribution is -2.28. The Morgan fingerprint density at radius 1 is 1.41 bits per heavy atom. The van der Waals surface area contributed by atoms with Crippen LogP contribution < -0.4 is 4.90 Å². The van der Waals surface area contributed by atoms with Crippen molar-refractivity contribution in [1.29, 1.82) is 0 Å². The average Bonchev–Trinajstić information content (AvgIpc) is 2.44. The maximum absolute atomic E-state index is 4.52. The van der Waals surface area contributed by atoms with Crippen LogP contribution in [0.5, 0.6) is 0 Å². The van der Waals surface area contributed by atoms with Gasteiger partial charge in [-0.15, -0.1) is 0 Å². The van der Waals surface area contributed by atoms with E-state index in [4.69, 9.17) is 0 Å². The third-order valence-corrected chi connectivity index (χ3v) is 5.55. The van der Waals surface area contributed by atoms with Crippen LogP contribution in [-0.4, -0.2) is 28.6 Å². The lowest BCUT2D eigenvalue weighted by Gasteiger charge is -2.24. The highest BCUT2D eigenvalue weighted by atomic mass is 79.9. The summed E-state index contributed by atoms with van der Waals surface area (Å²) in [6.45, 7) is 8.96. The Hall–Kier alpha value is -0.220. The fraction of sp³-hybridized carbons (Fsp3) is 0.615. The van der Waals surface area contributed by atoms with Crippen molar-refractivity contribution in [1.82, 2.24) is 4.98 Å². The van der Waals surface area contributed by atoms with Crippen LogP contribution in [0.15, 0.2) is 16.7 Å². The molecule has 17 heavy (non-hydrogen) atoms. The van der Waals surface area contributed by atoms with Crippen molar-refractivity contribution in [3.8, 4) is 0 Å². The Labute approximate surface area is 116 Å². The van der Waals surface area contributed by atoms with E-state index in [0.717, 1.165) is 23.4 Å². The molecule has 2 rings (SSSR count). The Morgan fingerprint density at radius 2 is 2.18 bits per heavy atom. The van der Waals surface area contributed by atoms with Gasteiger partial charge < -0.3 is 4.90 Å². The molecule has 1 aliphatic rings. The van der Waals surface area contributed by atoms with Gasteiger partial charge in [0.15, 0.2) is 0 Å². The van der Waals surface area contributed by atoms with Gasteiger partial charge >= 0.3 is 0 Å². The van der Waals surface area contributed by atoms with Crippen LogP contribution in [-0.2, 0) is 0 Å². The van der Waals surface area contributed by atoms with E-state index in [1.807, 2.05) is 12.3 Å². The van der Waals surface area contributed by atoms with E-state index in [1.165, 1.54) is 17.7 Å². The standard InChI is InChI=1S/C13H19BrN2S/c1-10-4-6-15-12(11(10)14)16-7-5-13(2,3)17-9-8-16/h4,6H,5,7-9H2,1-3H3. The number of hydrogen-bond acceptors (Lipinski definition) is 3. The Bertz CT molecular complexity index is 406. The van der Waals surface area contributed by atoms with E-state index in [0.29, 0.717) is 4.75 Å². The van der Waals surface area contributed by atoms with Crippen LogP contribution in [0.2, 0.25) is 0 Å². The molecule has 0 unspecified atom stereocenters. The van der Waals surface area contributed by atoms with Crippen LogP contribution in [0.25, 0.3) is 0 Å². The second-order valence-electron chi connectivity index (χ2n) is 5.11. The zero-order valence-corrected chi connectivity index (χ0v) is 13.1. The molecule has 1 fully saturated rings. The van der Waals surface area contributed by atoms with Gasteiger partial charge in [0.2, 0.25) is 0 Å². The summed E-state index contributed by atoms with van der Waals surface area (Å²) >= 11 is 5.72. The van der Waals surface area contributed by atoms with E-state index in [2.05, 4.69) is 58.3 Å². The van der Waals surface area contributed by atoms with Crippen molar-refractivity contribution in [2.45, 2.75) is 31.9 Å². The van der Waals surface area contributed by atoms with Crippen molar-refractivity contribution < 1.29 is 0 Å². The predicted molar refractivity (Wildman–Crippen MR) is 80.0 cm³/mol. The molecule has 1 saturated heterocycles. The summed E-state index contributed by atoms with van der Waals surface area (Å²) in [6.07, 6.45) is 3.11. The first kappa shape index (κ1) is 13.2. The molecule has 94 valence electrons. The molecule has 0 radical (unpaired) electrons. The number of rotatable bonds is 1. The minimum absolute atomic E-state index is 0.394. The van der Waals surface area contributed by atoms with Gasteiger partial charge in [0, 0.05) is 29.8 Å².